The Morgan fingerprint density at radius 2 is 1.91 bits per heavy atom. The van der Waals surface area contributed by atoms with Gasteiger partial charge in [-0.05, 0) is 43.7 Å². The molecule has 0 saturated carbocycles. The number of hydrogen-bond acceptors (Lipinski definition) is 4. The highest BCUT2D eigenvalue weighted by atomic mass is 16.4. The topological polar surface area (TPSA) is 63.2 Å². The highest BCUT2D eigenvalue weighted by Crippen LogP contribution is 2.17. The summed E-state index contributed by atoms with van der Waals surface area (Å²) >= 11 is 0. The van der Waals surface area contributed by atoms with Gasteiger partial charge in [0.25, 0.3) is 0 Å². The van der Waals surface area contributed by atoms with E-state index in [1.165, 1.54) is 5.56 Å². The average Bonchev–Trinajstić information content (AvgIpc) is 3.21. The monoisotopic (exact) mass is 311 g/mol. The maximum absolute atomic E-state index is 9.01. The lowest BCUT2D eigenvalue weighted by Crippen LogP contribution is -2.17. The zero-order chi connectivity index (χ0) is 16.2. The number of imidazole rings is 1. The number of furan rings is 1. The highest BCUT2D eigenvalue weighted by molar-refractivity contribution is 5.36. The molecule has 0 unspecified atom stereocenters. The molecule has 5 nitrogen and oxygen atoms in total. The molecule has 2 aromatic heterocycles. The van der Waals surface area contributed by atoms with Gasteiger partial charge in [0.1, 0.15) is 24.0 Å². The van der Waals surface area contributed by atoms with Crippen LogP contribution in [0.5, 0.6) is 0 Å². The van der Waals surface area contributed by atoms with E-state index in [1.54, 1.807) is 12.3 Å². The molecular formula is C18H21N3O2. The second kappa shape index (κ2) is 6.81. The van der Waals surface area contributed by atoms with Crippen LogP contribution in [0.15, 0.2) is 53.2 Å². The fraction of sp³-hybridized carbons (Fsp3) is 0.278. The van der Waals surface area contributed by atoms with Gasteiger partial charge in [0.05, 0.1) is 6.54 Å². The molecule has 0 aliphatic carbocycles. The van der Waals surface area contributed by atoms with Crippen LogP contribution in [0.4, 0.5) is 0 Å². The second-order valence-electron chi connectivity index (χ2n) is 5.56. The van der Waals surface area contributed by atoms with Crippen LogP contribution in [0.2, 0.25) is 0 Å². The molecule has 2 N–H and O–H groups in total. The zero-order valence-electron chi connectivity index (χ0n) is 13.4. The zero-order valence-corrected chi connectivity index (χ0v) is 13.4. The standard InChI is InChI=1S/C18H21N3O2/c1-13(20-11-17-7-8-18(12-22)23-17)15-3-5-16(6-4-15)21-10-9-19-14(21)2/h3-10,13,20,22H,11-12H2,1-2H3/t13-/m1/s1. The number of benzene rings is 1. The van der Waals surface area contributed by atoms with Gasteiger partial charge in [-0.15, -0.1) is 0 Å². The van der Waals surface area contributed by atoms with Crippen molar-refractivity contribution in [3.8, 4) is 5.69 Å². The van der Waals surface area contributed by atoms with Gasteiger partial charge in [-0.3, -0.25) is 0 Å². The molecule has 120 valence electrons. The summed E-state index contributed by atoms with van der Waals surface area (Å²) in [7, 11) is 0. The van der Waals surface area contributed by atoms with E-state index < -0.39 is 0 Å². The number of aryl methyl sites for hydroxylation is 1. The molecule has 1 aromatic carbocycles. The van der Waals surface area contributed by atoms with Crippen molar-refractivity contribution in [1.29, 1.82) is 0 Å². The maximum Gasteiger partial charge on any atom is 0.129 e. The van der Waals surface area contributed by atoms with E-state index in [4.69, 9.17) is 9.52 Å². The minimum atomic E-state index is -0.0648. The van der Waals surface area contributed by atoms with Crippen LogP contribution in [0.3, 0.4) is 0 Å². The molecule has 3 aromatic rings. The van der Waals surface area contributed by atoms with E-state index in [0.29, 0.717) is 12.3 Å². The summed E-state index contributed by atoms with van der Waals surface area (Å²) in [6.45, 7) is 4.67. The Bertz CT molecular complexity index is 759. The largest absolute Gasteiger partial charge is 0.462 e. The van der Waals surface area contributed by atoms with Crippen LogP contribution in [0.1, 0.15) is 35.9 Å². The van der Waals surface area contributed by atoms with Gasteiger partial charge in [0, 0.05) is 24.1 Å². The first-order valence-electron chi connectivity index (χ1n) is 7.69. The number of aliphatic hydroxyl groups is 1. The van der Waals surface area contributed by atoms with Gasteiger partial charge >= 0.3 is 0 Å². The molecule has 0 bridgehead atoms. The number of nitrogens with one attached hydrogen (secondary N) is 1. The number of aromatic nitrogens is 2. The minimum absolute atomic E-state index is 0.0648. The van der Waals surface area contributed by atoms with Crippen molar-refractivity contribution in [3.63, 3.8) is 0 Å². The molecule has 2 heterocycles. The van der Waals surface area contributed by atoms with Gasteiger partial charge in [-0.25, -0.2) is 4.98 Å². The Labute approximate surface area is 135 Å². The lowest BCUT2D eigenvalue weighted by molar-refractivity contribution is 0.242. The highest BCUT2D eigenvalue weighted by Gasteiger charge is 2.08. The SMILES string of the molecule is Cc1nccn1-c1ccc([C@@H](C)NCc2ccc(CO)o2)cc1. The third-order valence-electron chi connectivity index (χ3n) is 3.95. The van der Waals surface area contributed by atoms with E-state index in [-0.39, 0.29) is 12.6 Å². The van der Waals surface area contributed by atoms with Crippen LogP contribution in [0.25, 0.3) is 5.69 Å². The molecule has 0 fully saturated rings. The summed E-state index contributed by atoms with van der Waals surface area (Å²) in [4.78, 5) is 4.24. The lowest BCUT2D eigenvalue weighted by atomic mass is 10.1. The molecule has 23 heavy (non-hydrogen) atoms. The fourth-order valence-electron chi connectivity index (χ4n) is 2.55. The van der Waals surface area contributed by atoms with Crippen LogP contribution in [-0.4, -0.2) is 14.7 Å². The number of hydrogen-bond donors (Lipinski definition) is 2. The number of nitrogens with zero attached hydrogens (tertiary/aromatic N) is 2. The molecule has 0 saturated heterocycles. The lowest BCUT2D eigenvalue weighted by Gasteiger charge is -2.14. The molecule has 0 aliphatic rings. The normalized spacial score (nSPS) is 12.5. The van der Waals surface area contributed by atoms with E-state index in [1.807, 2.05) is 19.2 Å². The van der Waals surface area contributed by atoms with Gasteiger partial charge in [-0.1, -0.05) is 12.1 Å². The Morgan fingerprint density at radius 1 is 1.17 bits per heavy atom. The molecular weight excluding hydrogens is 290 g/mol. The van der Waals surface area contributed by atoms with Crippen molar-refractivity contribution in [1.82, 2.24) is 14.9 Å². The van der Waals surface area contributed by atoms with Gasteiger partial charge in [-0.2, -0.15) is 0 Å². The predicted molar refractivity (Wildman–Crippen MR) is 88.2 cm³/mol. The maximum atomic E-state index is 9.01. The first kappa shape index (κ1) is 15.5. The summed E-state index contributed by atoms with van der Waals surface area (Å²) in [5, 5.41) is 12.4. The van der Waals surface area contributed by atoms with Crippen molar-refractivity contribution in [2.75, 3.05) is 0 Å². The molecule has 0 aliphatic heterocycles. The quantitative estimate of drug-likeness (QED) is 0.734. The Balaban J connectivity index is 1.63. The van der Waals surface area contributed by atoms with E-state index in [2.05, 4.69) is 46.1 Å². The van der Waals surface area contributed by atoms with Crippen molar-refractivity contribution in [3.05, 3.63) is 71.7 Å². The Hall–Kier alpha value is -2.37. The second-order valence-corrected chi connectivity index (χ2v) is 5.56. The van der Waals surface area contributed by atoms with E-state index in [9.17, 15) is 0 Å². The summed E-state index contributed by atoms with van der Waals surface area (Å²) in [6, 6.07) is 12.3. The Morgan fingerprint density at radius 3 is 2.52 bits per heavy atom. The molecule has 0 spiro atoms. The third-order valence-corrected chi connectivity index (χ3v) is 3.95. The minimum Gasteiger partial charge on any atom is -0.462 e. The Kier molecular flexibility index (Phi) is 4.60. The molecule has 0 radical (unpaired) electrons. The summed E-state index contributed by atoms with van der Waals surface area (Å²) in [5.74, 6) is 2.39. The van der Waals surface area contributed by atoms with Crippen LogP contribution in [-0.2, 0) is 13.2 Å². The number of rotatable bonds is 6. The molecule has 1 atom stereocenters. The van der Waals surface area contributed by atoms with Crippen LogP contribution >= 0.6 is 0 Å². The molecule has 5 heteroatoms. The summed E-state index contributed by atoms with van der Waals surface area (Å²) in [5.41, 5.74) is 2.31. The molecule has 0 amide bonds. The smallest absolute Gasteiger partial charge is 0.129 e. The van der Waals surface area contributed by atoms with Gasteiger partial charge in [0.2, 0.25) is 0 Å². The average molecular weight is 311 g/mol. The number of aliphatic hydroxyl groups excluding tert-OH is 1. The first-order chi connectivity index (χ1) is 11.2. The van der Waals surface area contributed by atoms with E-state index in [0.717, 1.165) is 17.3 Å². The van der Waals surface area contributed by atoms with Crippen molar-refractivity contribution >= 4 is 0 Å². The summed E-state index contributed by atoms with van der Waals surface area (Å²) < 4.78 is 7.53. The van der Waals surface area contributed by atoms with E-state index >= 15 is 0 Å². The van der Waals surface area contributed by atoms with Crippen LogP contribution < -0.4 is 5.32 Å². The summed E-state index contributed by atoms with van der Waals surface area (Å²) in [6.07, 6.45) is 3.76. The molecule has 3 rings (SSSR count). The van der Waals surface area contributed by atoms with Gasteiger partial charge in [0.15, 0.2) is 0 Å². The van der Waals surface area contributed by atoms with Crippen molar-refractivity contribution in [2.24, 2.45) is 0 Å². The van der Waals surface area contributed by atoms with Crippen molar-refractivity contribution < 1.29 is 9.52 Å². The van der Waals surface area contributed by atoms with Gasteiger partial charge < -0.3 is 19.4 Å². The predicted octanol–water partition coefficient (Wildman–Crippen LogP) is 3.12. The van der Waals surface area contributed by atoms with Crippen molar-refractivity contribution in [2.45, 2.75) is 33.0 Å². The first-order valence-corrected chi connectivity index (χ1v) is 7.69. The fourth-order valence-corrected chi connectivity index (χ4v) is 2.55. The third kappa shape index (κ3) is 3.52. The van der Waals surface area contributed by atoms with Crippen LogP contribution in [0, 0.1) is 6.92 Å².